The van der Waals surface area contributed by atoms with Crippen LogP contribution in [-0.2, 0) is 4.79 Å². The fourth-order valence-electron chi connectivity index (χ4n) is 5.89. The second kappa shape index (κ2) is 11.5. The van der Waals surface area contributed by atoms with Crippen LogP contribution in [-0.4, -0.2) is 55.5 Å². The maximum absolute atomic E-state index is 16.2. The third-order valence-corrected chi connectivity index (χ3v) is 7.78. The zero-order valence-electron chi connectivity index (χ0n) is 26.7. The Morgan fingerprint density at radius 3 is 2.51 bits per heavy atom. The van der Waals surface area contributed by atoms with E-state index in [1.165, 1.54) is 21.6 Å². The highest BCUT2D eigenvalue weighted by atomic mass is 19.1. The summed E-state index contributed by atoms with van der Waals surface area (Å²) < 4.78 is 46.6. The molecule has 1 aliphatic rings. The Balaban J connectivity index is 1.84. The van der Waals surface area contributed by atoms with Crippen LogP contribution in [0.1, 0.15) is 53.2 Å². The van der Waals surface area contributed by atoms with Gasteiger partial charge in [0.25, 0.3) is 5.91 Å². The molecule has 2 atom stereocenters. The van der Waals surface area contributed by atoms with E-state index in [0.29, 0.717) is 22.5 Å². The van der Waals surface area contributed by atoms with Gasteiger partial charge in [-0.25, -0.2) is 23.1 Å². The predicted octanol–water partition coefficient (Wildman–Crippen LogP) is 5.97. The second-order valence-corrected chi connectivity index (χ2v) is 11.2. The third-order valence-electron chi connectivity index (χ3n) is 7.78. The van der Waals surface area contributed by atoms with Gasteiger partial charge in [0.05, 0.1) is 19.5 Å². The number of benzene rings is 1. The first-order chi connectivity index (χ1) is 21.3. The summed E-state index contributed by atoms with van der Waals surface area (Å²) in [5.41, 5.74) is 2.08. The summed E-state index contributed by atoms with van der Waals surface area (Å²) in [6.45, 7) is 12.3. The molecule has 1 amide bonds. The van der Waals surface area contributed by atoms with Crippen molar-refractivity contribution in [2.45, 2.75) is 52.6 Å². The fraction of sp³-hybridized carbons (Fsp3) is 0.303. The van der Waals surface area contributed by atoms with Gasteiger partial charge in [-0.15, -0.1) is 0 Å². The normalized spacial score (nSPS) is 17.6. The predicted molar refractivity (Wildman–Crippen MR) is 165 cm³/mol. The maximum atomic E-state index is 16.2. The van der Waals surface area contributed by atoms with Crippen molar-refractivity contribution in [1.82, 2.24) is 24.4 Å². The van der Waals surface area contributed by atoms with E-state index < -0.39 is 41.9 Å². The number of halogens is 2. The van der Waals surface area contributed by atoms with E-state index >= 15 is 4.39 Å². The number of nitrogens with zero attached hydrogens (tertiary/aromatic N) is 6. The average molecular weight is 587 g/mol. The lowest BCUT2D eigenvalue weighted by Crippen LogP contribution is -2.59. The fourth-order valence-corrected chi connectivity index (χ4v) is 5.89. The van der Waals surface area contributed by atoms with Gasteiger partial charge in [-0.3, -0.25) is 9.78 Å². The zero-order chi connectivity index (χ0) is 32.7. The molecule has 222 valence electrons. The van der Waals surface area contributed by atoms with Crippen LogP contribution < -0.4 is 10.6 Å². The van der Waals surface area contributed by atoms with Crippen LogP contribution in [0.4, 0.5) is 14.6 Å². The molecule has 0 radical (unpaired) electrons. The van der Waals surface area contributed by atoms with Crippen LogP contribution in [0.5, 0.6) is 0 Å². The van der Waals surface area contributed by atoms with Crippen molar-refractivity contribution < 1.29 is 16.3 Å². The summed E-state index contributed by atoms with van der Waals surface area (Å²) in [5.74, 6) is -2.43. The molecule has 1 aliphatic heterocycles. The van der Waals surface area contributed by atoms with E-state index in [1.54, 1.807) is 36.5 Å². The molecule has 3 aromatic heterocycles. The molecule has 0 unspecified atom stereocenters. The van der Waals surface area contributed by atoms with E-state index in [1.807, 2.05) is 39.5 Å². The lowest BCUT2D eigenvalue weighted by atomic mass is 10.0. The number of fused-ring (bicyclic) bond motifs is 1. The number of anilines is 1. The minimum atomic E-state index is -1.06. The molecule has 0 N–H and O–H groups in total. The largest absolute Gasteiger partial charge is 0.355 e. The summed E-state index contributed by atoms with van der Waals surface area (Å²) >= 11 is 0. The number of carbonyl (C=O) groups excluding carboxylic acids is 1. The van der Waals surface area contributed by atoms with Gasteiger partial charge in [0, 0.05) is 36.9 Å². The minimum Gasteiger partial charge on any atom is -0.347 e. The third kappa shape index (κ3) is 5.22. The van der Waals surface area contributed by atoms with E-state index in [9.17, 15) is 14.0 Å². The van der Waals surface area contributed by atoms with Crippen LogP contribution >= 0.6 is 0 Å². The topological polar surface area (TPSA) is 84.2 Å². The van der Waals surface area contributed by atoms with E-state index in [2.05, 4.69) is 16.5 Å². The van der Waals surface area contributed by atoms with E-state index in [-0.39, 0.29) is 41.6 Å². The highest BCUT2D eigenvalue weighted by Gasteiger charge is 2.35. The average Bonchev–Trinajstić information content (AvgIpc) is 2.96. The Labute approximate surface area is 251 Å². The molecule has 4 aromatic rings. The smallest absolute Gasteiger partial charge is 0.347 e. The molecule has 10 heteroatoms. The van der Waals surface area contributed by atoms with Crippen LogP contribution in [0.25, 0.3) is 34.1 Å². The van der Waals surface area contributed by atoms with E-state index in [4.69, 9.17) is 7.73 Å². The summed E-state index contributed by atoms with van der Waals surface area (Å²) in [6.07, 6.45) is 2.96. The number of hydrogen-bond donors (Lipinski definition) is 0. The zero-order valence-corrected chi connectivity index (χ0v) is 24.7. The van der Waals surface area contributed by atoms with Crippen molar-refractivity contribution in [3.05, 3.63) is 94.7 Å². The van der Waals surface area contributed by atoms with Gasteiger partial charge >= 0.3 is 5.69 Å². The summed E-state index contributed by atoms with van der Waals surface area (Å²) in [7, 11) is 0. The van der Waals surface area contributed by atoms with Crippen molar-refractivity contribution >= 4 is 28.8 Å². The summed E-state index contributed by atoms with van der Waals surface area (Å²) in [5, 5.41) is 0.261. The van der Waals surface area contributed by atoms with Crippen molar-refractivity contribution in [2.75, 3.05) is 18.0 Å². The first-order valence-corrected chi connectivity index (χ1v) is 14.1. The molecule has 1 aromatic carbocycles. The molecule has 1 fully saturated rings. The van der Waals surface area contributed by atoms with Gasteiger partial charge < -0.3 is 9.80 Å². The van der Waals surface area contributed by atoms with Crippen molar-refractivity contribution in [2.24, 2.45) is 0 Å². The molecule has 43 heavy (non-hydrogen) atoms. The van der Waals surface area contributed by atoms with Gasteiger partial charge in [0.1, 0.15) is 17.3 Å². The standard InChI is InChI=1S/C33H34F2N6O2/c1-8-23-11-9-10-12-24(23)28-26(35)15-25-30(37-28)41(29-19(4)13-14-36-27(29)18(2)3)33(43)38-31(25)40-20(5)16-39(17-21(40)6)32(42)22(7)34/h8-15,18,20-21H,1,7,16-17H2,2-6H3/t20-,21-/m0/s1/i1D2. The van der Waals surface area contributed by atoms with Crippen LogP contribution in [0.3, 0.4) is 0 Å². The molecule has 0 saturated carbocycles. The Morgan fingerprint density at radius 1 is 1.16 bits per heavy atom. The quantitative estimate of drug-likeness (QED) is 0.259. The second-order valence-electron chi connectivity index (χ2n) is 11.2. The summed E-state index contributed by atoms with van der Waals surface area (Å²) in [6, 6.07) is 8.95. The lowest BCUT2D eigenvalue weighted by molar-refractivity contribution is -0.129. The summed E-state index contributed by atoms with van der Waals surface area (Å²) in [4.78, 5) is 43.6. The molecule has 0 spiro atoms. The number of hydrogen-bond acceptors (Lipinski definition) is 6. The highest BCUT2D eigenvalue weighted by molar-refractivity contribution is 5.93. The molecule has 5 rings (SSSR count). The van der Waals surface area contributed by atoms with Gasteiger partial charge in [-0.1, -0.05) is 57.3 Å². The van der Waals surface area contributed by atoms with Gasteiger partial charge in [0.15, 0.2) is 11.5 Å². The molecule has 0 aliphatic carbocycles. The Kier molecular flexibility index (Phi) is 7.26. The van der Waals surface area contributed by atoms with Crippen molar-refractivity contribution in [3.63, 3.8) is 0 Å². The number of amides is 1. The van der Waals surface area contributed by atoms with Gasteiger partial charge in [-0.05, 0) is 49.9 Å². The number of piperazine rings is 1. The molecule has 0 bridgehead atoms. The van der Waals surface area contributed by atoms with Crippen LogP contribution in [0.2, 0.25) is 0 Å². The SMILES string of the molecule is [2H]C([2H])=Cc1ccccc1-c1nc2c(cc1F)c(N1[C@@H](C)CN(C(=O)C(=C)F)C[C@@H]1C)nc(=O)n2-c1c(C)ccnc1C(C)C. The van der Waals surface area contributed by atoms with Crippen molar-refractivity contribution in [1.29, 1.82) is 0 Å². The highest BCUT2D eigenvalue weighted by Crippen LogP contribution is 2.35. The molecule has 1 saturated heterocycles. The minimum absolute atomic E-state index is 0.0634. The first kappa shape index (κ1) is 27.1. The monoisotopic (exact) mass is 586 g/mol. The van der Waals surface area contributed by atoms with Crippen molar-refractivity contribution in [3.8, 4) is 16.9 Å². The maximum Gasteiger partial charge on any atom is 0.355 e. The number of carbonyl (C=O) groups is 1. The van der Waals surface area contributed by atoms with E-state index in [0.717, 1.165) is 5.56 Å². The number of rotatable bonds is 6. The number of aromatic nitrogens is 4. The first-order valence-electron chi connectivity index (χ1n) is 15.1. The van der Waals surface area contributed by atoms with Gasteiger partial charge in [-0.2, -0.15) is 4.98 Å². The number of aryl methyl sites for hydroxylation is 1. The molecular weight excluding hydrogens is 550 g/mol. The number of pyridine rings is 2. The molecule has 4 heterocycles. The molecule has 8 nitrogen and oxygen atoms in total. The lowest BCUT2D eigenvalue weighted by Gasteiger charge is -2.45. The van der Waals surface area contributed by atoms with Crippen LogP contribution in [0.15, 0.2) is 66.3 Å². The Bertz CT molecular complexity index is 1910. The Hall–Kier alpha value is -4.73. The molecular formula is C33H34F2N6O2. The Morgan fingerprint density at radius 2 is 1.86 bits per heavy atom. The van der Waals surface area contributed by atoms with Gasteiger partial charge in [0.2, 0.25) is 0 Å². The van der Waals surface area contributed by atoms with Crippen LogP contribution in [0, 0.1) is 12.7 Å².